The lowest BCUT2D eigenvalue weighted by Crippen LogP contribution is -2.42. The average Bonchev–Trinajstić information content (AvgIpc) is 3.20. The Bertz CT molecular complexity index is 873. The van der Waals surface area contributed by atoms with Crippen molar-refractivity contribution in [2.45, 2.75) is 26.1 Å². The van der Waals surface area contributed by atoms with Crippen LogP contribution in [-0.4, -0.2) is 32.2 Å². The minimum absolute atomic E-state index is 0.00815. The number of aromatic nitrogens is 3. The SMILES string of the molecule is O=C(NCc1ccc(Cn2cncn2)cc1)N1CCc2ccccc2C1. The first kappa shape index (κ1) is 16.3. The van der Waals surface area contributed by atoms with E-state index in [1.165, 1.54) is 17.5 Å². The van der Waals surface area contributed by atoms with Crippen molar-refractivity contribution in [2.75, 3.05) is 6.54 Å². The van der Waals surface area contributed by atoms with Gasteiger partial charge in [-0.2, -0.15) is 5.10 Å². The van der Waals surface area contributed by atoms with Gasteiger partial charge in [0.25, 0.3) is 0 Å². The largest absolute Gasteiger partial charge is 0.334 e. The van der Waals surface area contributed by atoms with Gasteiger partial charge in [0.15, 0.2) is 0 Å². The smallest absolute Gasteiger partial charge is 0.317 e. The summed E-state index contributed by atoms with van der Waals surface area (Å²) in [6, 6.07) is 16.5. The number of nitrogens with one attached hydrogen (secondary N) is 1. The number of hydrogen-bond acceptors (Lipinski definition) is 3. The van der Waals surface area contributed by atoms with Gasteiger partial charge in [-0.25, -0.2) is 14.5 Å². The van der Waals surface area contributed by atoms with Gasteiger partial charge in [-0.3, -0.25) is 0 Å². The zero-order valence-electron chi connectivity index (χ0n) is 14.5. The van der Waals surface area contributed by atoms with E-state index >= 15 is 0 Å². The molecule has 0 saturated heterocycles. The fourth-order valence-corrected chi connectivity index (χ4v) is 3.22. The first-order valence-electron chi connectivity index (χ1n) is 8.78. The molecule has 0 radical (unpaired) electrons. The fourth-order valence-electron chi connectivity index (χ4n) is 3.22. The van der Waals surface area contributed by atoms with E-state index in [1.807, 2.05) is 23.1 Å². The monoisotopic (exact) mass is 347 g/mol. The topological polar surface area (TPSA) is 63.1 Å². The molecule has 6 heteroatoms. The Morgan fingerprint density at radius 2 is 1.81 bits per heavy atom. The number of nitrogens with zero attached hydrogens (tertiary/aromatic N) is 4. The molecule has 4 rings (SSSR count). The minimum atomic E-state index is -0.00815. The molecule has 2 aromatic carbocycles. The molecule has 26 heavy (non-hydrogen) atoms. The Labute approximate surface area is 152 Å². The number of benzene rings is 2. The molecule has 1 aliphatic rings. The Morgan fingerprint density at radius 3 is 2.58 bits per heavy atom. The van der Waals surface area contributed by atoms with E-state index in [4.69, 9.17) is 0 Å². The van der Waals surface area contributed by atoms with Crippen molar-refractivity contribution in [1.29, 1.82) is 0 Å². The maximum Gasteiger partial charge on any atom is 0.317 e. The molecule has 6 nitrogen and oxygen atoms in total. The Morgan fingerprint density at radius 1 is 1.04 bits per heavy atom. The quantitative estimate of drug-likeness (QED) is 0.789. The summed E-state index contributed by atoms with van der Waals surface area (Å²) in [4.78, 5) is 18.3. The van der Waals surface area contributed by atoms with E-state index in [9.17, 15) is 4.79 Å². The maximum atomic E-state index is 12.5. The number of rotatable bonds is 4. The lowest BCUT2D eigenvalue weighted by Gasteiger charge is -2.29. The normalized spacial score (nSPS) is 13.3. The van der Waals surface area contributed by atoms with E-state index in [2.05, 4.69) is 45.7 Å². The average molecular weight is 347 g/mol. The van der Waals surface area contributed by atoms with Crippen molar-refractivity contribution in [3.8, 4) is 0 Å². The number of hydrogen-bond donors (Lipinski definition) is 1. The van der Waals surface area contributed by atoms with Crippen LogP contribution in [0.15, 0.2) is 61.2 Å². The second kappa shape index (κ2) is 7.39. The molecule has 2 heterocycles. The lowest BCUT2D eigenvalue weighted by molar-refractivity contribution is 0.192. The Balaban J connectivity index is 1.30. The first-order valence-corrected chi connectivity index (χ1v) is 8.78. The summed E-state index contributed by atoms with van der Waals surface area (Å²) >= 11 is 0. The van der Waals surface area contributed by atoms with Gasteiger partial charge in [0.2, 0.25) is 0 Å². The summed E-state index contributed by atoms with van der Waals surface area (Å²) in [5.41, 5.74) is 4.82. The van der Waals surface area contributed by atoms with Crippen molar-refractivity contribution in [3.63, 3.8) is 0 Å². The van der Waals surface area contributed by atoms with Crippen LogP contribution in [0.3, 0.4) is 0 Å². The summed E-state index contributed by atoms with van der Waals surface area (Å²) in [6.45, 7) is 2.67. The molecule has 132 valence electrons. The van der Waals surface area contributed by atoms with Crippen molar-refractivity contribution in [3.05, 3.63) is 83.4 Å². The third kappa shape index (κ3) is 3.74. The molecule has 1 aromatic heterocycles. The summed E-state index contributed by atoms with van der Waals surface area (Å²) in [6.07, 6.45) is 4.15. The van der Waals surface area contributed by atoms with Crippen LogP contribution in [0.2, 0.25) is 0 Å². The highest BCUT2D eigenvalue weighted by molar-refractivity contribution is 5.74. The molecule has 2 amide bonds. The van der Waals surface area contributed by atoms with Gasteiger partial charge in [-0.15, -0.1) is 0 Å². The second-order valence-electron chi connectivity index (χ2n) is 6.51. The first-order chi connectivity index (χ1) is 12.8. The summed E-state index contributed by atoms with van der Waals surface area (Å²) in [5.74, 6) is 0. The predicted octanol–water partition coefficient (Wildman–Crippen LogP) is 2.59. The van der Waals surface area contributed by atoms with E-state index < -0.39 is 0 Å². The third-order valence-corrected chi connectivity index (χ3v) is 4.70. The third-order valence-electron chi connectivity index (χ3n) is 4.70. The van der Waals surface area contributed by atoms with Crippen LogP contribution in [-0.2, 0) is 26.1 Å². The summed E-state index contributed by atoms with van der Waals surface area (Å²) in [7, 11) is 0. The highest BCUT2D eigenvalue weighted by Crippen LogP contribution is 2.18. The van der Waals surface area contributed by atoms with Gasteiger partial charge < -0.3 is 10.2 Å². The molecule has 1 aliphatic heterocycles. The van der Waals surface area contributed by atoms with Crippen LogP contribution in [0.4, 0.5) is 4.79 Å². The maximum absolute atomic E-state index is 12.5. The molecule has 0 fully saturated rings. The highest BCUT2D eigenvalue weighted by atomic mass is 16.2. The number of carbonyl (C=O) groups excluding carboxylic acids is 1. The Kier molecular flexibility index (Phi) is 4.64. The predicted molar refractivity (Wildman–Crippen MR) is 98.4 cm³/mol. The van der Waals surface area contributed by atoms with E-state index in [0.717, 1.165) is 24.1 Å². The second-order valence-corrected chi connectivity index (χ2v) is 6.51. The van der Waals surface area contributed by atoms with Crippen LogP contribution in [0.25, 0.3) is 0 Å². The molecular formula is C20H21N5O. The zero-order valence-corrected chi connectivity index (χ0v) is 14.5. The number of urea groups is 1. The molecular weight excluding hydrogens is 326 g/mol. The van der Waals surface area contributed by atoms with Crippen LogP contribution in [0.5, 0.6) is 0 Å². The number of fused-ring (bicyclic) bond motifs is 1. The van der Waals surface area contributed by atoms with Crippen LogP contribution in [0, 0.1) is 0 Å². The van der Waals surface area contributed by atoms with Gasteiger partial charge in [-0.05, 0) is 28.7 Å². The number of amides is 2. The van der Waals surface area contributed by atoms with Gasteiger partial charge >= 0.3 is 6.03 Å². The molecule has 0 unspecified atom stereocenters. The zero-order chi connectivity index (χ0) is 17.8. The van der Waals surface area contributed by atoms with E-state index in [0.29, 0.717) is 19.6 Å². The van der Waals surface area contributed by atoms with Crippen molar-refractivity contribution in [1.82, 2.24) is 25.0 Å². The minimum Gasteiger partial charge on any atom is -0.334 e. The lowest BCUT2D eigenvalue weighted by atomic mass is 10.0. The molecule has 0 bridgehead atoms. The summed E-state index contributed by atoms with van der Waals surface area (Å²) in [5, 5.41) is 7.13. The van der Waals surface area contributed by atoms with Crippen molar-refractivity contribution < 1.29 is 4.79 Å². The molecule has 0 atom stereocenters. The molecule has 0 saturated carbocycles. The highest BCUT2D eigenvalue weighted by Gasteiger charge is 2.19. The fraction of sp³-hybridized carbons (Fsp3) is 0.250. The van der Waals surface area contributed by atoms with E-state index in [-0.39, 0.29) is 6.03 Å². The standard InChI is InChI=1S/C20H21N5O/c26-20(24-10-9-18-3-1-2-4-19(18)13-24)22-11-16-5-7-17(8-6-16)12-25-15-21-14-23-25/h1-8,14-15H,9-13H2,(H,22,26). The van der Waals surface area contributed by atoms with Gasteiger partial charge in [-0.1, -0.05) is 48.5 Å². The number of carbonyl (C=O) groups is 1. The molecule has 0 aliphatic carbocycles. The van der Waals surface area contributed by atoms with Crippen LogP contribution >= 0.6 is 0 Å². The molecule has 3 aromatic rings. The van der Waals surface area contributed by atoms with Crippen molar-refractivity contribution in [2.24, 2.45) is 0 Å². The van der Waals surface area contributed by atoms with Crippen molar-refractivity contribution >= 4 is 6.03 Å². The van der Waals surface area contributed by atoms with E-state index in [1.54, 1.807) is 11.0 Å². The van der Waals surface area contributed by atoms with Crippen LogP contribution in [0.1, 0.15) is 22.3 Å². The summed E-state index contributed by atoms with van der Waals surface area (Å²) < 4.78 is 1.78. The van der Waals surface area contributed by atoms with Gasteiger partial charge in [0, 0.05) is 19.6 Å². The van der Waals surface area contributed by atoms with Gasteiger partial charge in [0.05, 0.1) is 6.54 Å². The Hall–Kier alpha value is -3.15. The molecule has 0 spiro atoms. The van der Waals surface area contributed by atoms with Crippen LogP contribution < -0.4 is 5.32 Å². The van der Waals surface area contributed by atoms with Gasteiger partial charge in [0.1, 0.15) is 12.7 Å². The molecule has 1 N–H and O–H groups in total.